The monoisotopic (exact) mass is 285 g/mol. The lowest BCUT2D eigenvalue weighted by atomic mass is 10.1. The van der Waals surface area contributed by atoms with Crippen molar-refractivity contribution in [3.63, 3.8) is 0 Å². The second-order valence-corrected chi connectivity index (χ2v) is 4.85. The number of benzene rings is 1. The van der Waals surface area contributed by atoms with Crippen molar-refractivity contribution < 1.29 is 9.53 Å². The lowest BCUT2D eigenvalue weighted by molar-refractivity contribution is 0.0948. The summed E-state index contributed by atoms with van der Waals surface area (Å²) in [5.41, 5.74) is 2.96. The second kappa shape index (κ2) is 6.35. The maximum absolute atomic E-state index is 12.3. The topological polar surface area (TPSA) is 64.1 Å². The van der Waals surface area contributed by atoms with Gasteiger partial charge in [0.2, 0.25) is 0 Å². The summed E-state index contributed by atoms with van der Waals surface area (Å²) in [6.45, 7) is 5.92. The van der Waals surface area contributed by atoms with Gasteiger partial charge in [0.1, 0.15) is 11.6 Å². The maximum atomic E-state index is 12.3. The fraction of sp³-hybridized carbons (Fsp3) is 0.312. The molecule has 1 aromatic heterocycles. The van der Waals surface area contributed by atoms with Crippen LogP contribution in [-0.4, -0.2) is 23.0 Å². The van der Waals surface area contributed by atoms with Crippen LogP contribution in [0.1, 0.15) is 33.1 Å². The highest BCUT2D eigenvalue weighted by molar-refractivity contribution is 5.96. The molecule has 5 nitrogen and oxygen atoms in total. The van der Waals surface area contributed by atoms with Crippen LogP contribution in [-0.2, 0) is 6.54 Å². The standard InChI is InChI=1S/C16H19N3O2/c1-10-15(11(2)19-12(3)18-10)16(20)17-9-13-5-7-14(21-4)8-6-13/h5-8H,9H2,1-4H3,(H,17,20). The van der Waals surface area contributed by atoms with Crippen LogP contribution >= 0.6 is 0 Å². The van der Waals surface area contributed by atoms with Crippen LogP contribution in [0.5, 0.6) is 5.75 Å². The number of methoxy groups -OCH3 is 1. The Hall–Kier alpha value is -2.43. The summed E-state index contributed by atoms with van der Waals surface area (Å²) >= 11 is 0. The Morgan fingerprint density at radius 3 is 2.19 bits per heavy atom. The van der Waals surface area contributed by atoms with Gasteiger partial charge in [-0.05, 0) is 38.5 Å². The molecule has 5 heteroatoms. The third-order valence-electron chi connectivity index (χ3n) is 3.22. The molecule has 0 spiro atoms. The molecule has 1 heterocycles. The number of rotatable bonds is 4. The molecule has 1 amide bonds. The molecule has 1 aromatic carbocycles. The first-order valence-corrected chi connectivity index (χ1v) is 6.74. The van der Waals surface area contributed by atoms with E-state index in [1.165, 1.54) is 0 Å². The zero-order valence-corrected chi connectivity index (χ0v) is 12.7. The third kappa shape index (κ3) is 3.56. The number of aryl methyl sites for hydroxylation is 3. The van der Waals surface area contributed by atoms with Gasteiger partial charge in [-0.2, -0.15) is 0 Å². The van der Waals surface area contributed by atoms with Crippen LogP contribution in [0, 0.1) is 20.8 Å². The van der Waals surface area contributed by atoms with Crippen molar-refractivity contribution in [2.45, 2.75) is 27.3 Å². The molecule has 21 heavy (non-hydrogen) atoms. The van der Waals surface area contributed by atoms with E-state index in [0.29, 0.717) is 29.3 Å². The SMILES string of the molecule is COc1ccc(CNC(=O)c2c(C)nc(C)nc2C)cc1. The van der Waals surface area contributed by atoms with Gasteiger partial charge in [-0.1, -0.05) is 12.1 Å². The average molecular weight is 285 g/mol. The molecule has 2 aromatic rings. The minimum atomic E-state index is -0.152. The number of ether oxygens (including phenoxy) is 1. The van der Waals surface area contributed by atoms with Gasteiger partial charge >= 0.3 is 0 Å². The molecule has 2 rings (SSSR count). The van der Waals surface area contributed by atoms with Gasteiger partial charge in [-0.15, -0.1) is 0 Å². The largest absolute Gasteiger partial charge is 0.497 e. The molecule has 0 radical (unpaired) electrons. The minimum Gasteiger partial charge on any atom is -0.497 e. The number of carbonyl (C=O) groups is 1. The number of hydrogen-bond acceptors (Lipinski definition) is 4. The van der Waals surface area contributed by atoms with Crippen molar-refractivity contribution in [3.05, 3.63) is 52.6 Å². The number of hydrogen-bond donors (Lipinski definition) is 1. The molecule has 0 saturated heterocycles. The van der Waals surface area contributed by atoms with Crippen LogP contribution in [0.25, 0.3) is 0 Å². The fourth-order valence-electron chi connectivity index (χ4n) is 2.23. The molecular weight excluding hydrogens is 266 g/mol. The average Bonchev–Trinajstić information content (AvgIpc) is 2.44. The van der Waals surface area contributed by atoms with Crippen molar-refractivity contribution in [2.24, 2.45) is 0 Å². The van der Waals surface area contributed by atoms with E-state index in [4.69, 9.17) is 4.74 Å². The molecule has 0 unspecified atom stereocenters. The van der Waals surface area contributed by atoms with E-state index in [2.05, 4.69) is 15.3 Å². The lowest BCUT2D eigenvalue weighted by Gasteiger charge is -2.10. The molecule has 0 aliphatic heterocycles. The van der Waals surface area contributed by atoms with Gasteiger partial charge < -0.3 is 10.1 Å². The Labute approximate surface area is 124 Å². The Kier molecular flexibility index (Phi) is 4.52. The first-order valence-electron chi connectivity index (χ1n) is 6.74. The number of nitrogens with one attached hydrogen (secondary N) is 1. The van der Waals surface area contributed by atoms with E-state index < -0.39 is 0 Å². The van der Waals surface area contributed by atoms with Gasteiger partial charge in [-0.25, -0.2) is 9.97 Å². The van der Waals surface area contributed by atoms with Gasteiger partial charge in [0.25, 0.3) is 5.91 Å². The Balaban J connectivity index is 2.08. The summed E-state index contributed by atoms with van der Waals surface area (Å²) in [5.74, 6) is 1.32. The van der Waals surface area contributed by atoms with Crippen LogP contribution in [0.3, 0.4) is 0 Å². The zero-order chi connectivity index (χ0) is 15.4. The first kappa shape index (κ1) is 15.0. The zero-order valence-electron chi connectivity index (χ0n) is 12.7. The molecule has 0 atom stereocenters. The van der Waals surface area contributed by atoms with E-state index >= 15 is 0 Å². The number of aromatic nitrogens is 2. The molecule has 0 saturated carbocycles. The molecule has 0 bridgehead atoms. The highest BCUT2D eigenvalue weighted by Crippen LogP contribution is 2.12. The van der Waals surface area contributed by atoms with E-state index in [1.54, 1.807) is 7.11 Å². The number of amides is 1. The molecule has 1 N–H and O–H groups in total. The molecular formula is C16H19N3O2. The smallest absolute Gasteiger partial charge is 0.255 e. The van der Waals surface area contributed by atoms with Crippen molar-refractivity contribution in [3.8, 4) is 5.75 Å². The predicted molar refractivity (Wildman–Crippen MR) is 80.4 cm³/mol. The van der Waals surface area contributed by atoms with Crippen molar-refractivity contribution in [2.75, 3.05) is 7.11 Å². The number of nitrogens with zero attached hydrogens (tertiary/aromatic N) is 2. The summed E-state index contributed by atoms with van der Waals surface area (Å²) in [4.78, 5) is 20.8. The third-order valence-corrected chi connectivity index (χ3v) is 3.22. The minimum absolute atomic E-state index is 0.152. The van der Waals surface area contributed by atoms with Gasteiger partial charge in [-0.3, -0.25) is 4.79 Å². The van der Waals surface area contributed by atoms with Crippen LogP contribution in [0.2, 0.25) is 0 Å². The molecule has 0 aliphatic carbocycles. The summed E-state index contributed by atoms with van der Waals surface area (Å²) in [6.07, 6.45) is 0. The Bertz CT molecular complexity index is 628. The van der Waals surface area contributed by atoms with Crippen molar-refractivity contribution in [1.29, 1.82) is 0 Å². The quantitative estimate of drug-likeness (QED) is 0.936. The Morgan fingerprint density at radius 1 is 1.10 bits per heavy atom. The highest BCUT2D eigenvalue weighted by Gasteiger charge is 2.14. The summed E-state index contributed by atoms with van der Waals surface area (Å²) < 4.78 is 5.10. The number of carbonyl (C=O) groups excluding carboxylic acids is 1. The maximum Gasteiger partial charge on any atom is 0.255 e. The second-order valence-electron chi connectivity index (χ2n) is 4.85. The Morgan fingerprint density at radius 2 is 1.67 bits per heavy atom. The lowest BCUT2D eigenvalue weighted by Crippen LogP contribution is -2.25. The fourth-order valence-corrected chi connectivity index (χ4v) is 2.23. The van der Waals surface area contributed by atoms with Gasteiger partial charge in [0, 0.05) is 6.54 Å². The van der Waals surface area contributed by atoms with Crippen molar-refractivity contribution >= 4 is 5.91 Å². The summed E-state index contributed by atoms with van der Waals surface area (Å²) in [7, 11) is 1.62. The molecule has 0 fully saturated rings. The van der Waals surface area contributed by atoms with Crippen LogP contribution in [0.15, 0.2) is 24.3 Å². The highest BCUT2D eigenvalue weighted by atomic mass is 16.5. The molecule has 110 valence electrons. The summed E-state index contributed by atoms with van der Waals surface area (Å²) in [5, 5.41) is 2.89. The summed E-state index contributed by atoms with van der Waals surface area (Å²) in [6, 6.07) is 7.58. The van der Waals surface area contributed by atoms with Crippen molar-refractivity contribution in [1.82, 2.24) is 15.3 Å². The van der Waals surface area contributed by atoms with Crippen LogP contribution in [0.4, 0.5) is 0 Å². The van der Waals surface area contributed by atoms with Gasteiger partial charge in [0.05, 0.1) is 24.1 Å². The predicted octanol–water partition coefficient (Wildman–Crippen LogP) is 2.34. The molecule has 0 aliphatic rings. The van der Waals surface area contributed by atoms with E-state index in [9.17, 15) is 4.79 Å². The first-order chi connectivity index (χ1) is 10.0. The van der Waals surface area contributed by atoms with E-state index in [1.807, 2.05) is 45.0 Å². The van der Waals surface area contributed by atoms with E-state index in [-0.39, 0.29) is 5.91 Å². The van der Waals surface area contributed by atoms with E-state index in [0.717, 1.165) is 11.3 Å². The van der Waals surface area contributed by atoms with Gasteiger partial charge in [0.15, 0.2) is 0 Å². The normalized spacial score (nSPS) is 10.3. The van der Waals surface area contributed by atoms with Crippen LogP contribution < -0.4 is 10.1 Å².